The van der Waals surface area contributed by atoms with Crippen molar-refractivity contribution in [2.24, 2.45) is 11.3 Å². The first-order valence-corrected chi connectivity index (χ1v) is 7.06. The molecule has 1 saturated carbocycles. The Morgan fingerprint density at radius 1 is 1.53 bits per heavy atom. The van der Waals surface area contributed by atoms with Gasteiger partial charge in [0.15, 0.2) is 0 Å². The van der Waals surface area contributed by atoms with Crippen LogP contribution in [0.5, 0.6) is 5.75 Å². The van der Waals surface area contributed by atoms with Gasteiger partial charge in [0.2, 0.25) is 6.04 Å². The fraction of sp³-hybridized carbons (Fsp3) is 0.462. The third-order valence-electron chi connectivity index (χ3n) is 4.18. The number of carbonyl (C=O) groups excluding carboxylic acids is 1. The molecule has 4 atom stereocenters. The van der Waals surface area contributed by atoms with Gasteiger partial charge in [-0.2, -0.15) is 11.8 Å². The highest BCUT2D eigenvalue weighted by Crippen LogP contribution is 2.71. The van der Waals surface area contributed by atoms with Gasteiger partial charge in [-0.15, -0.1) is 0 Å². The molecule has 2 fully saturated rings. The van der Waals surface area contributed by atoms with Crippen LogP contribution in [0.1, 0.15) is 10.8 Å². The Morgan fingerprint density at radius 3 is 2.84 bits per heavy atom. The predicted octanol–water partition coefficient (Wildman–Crippen LogP) is 1.94. The number of carbonyl (C=O) groups is 1. The Balaban J connectivity index is 2.02. The molecule has 0 amide bonds. The average Bonchev–Trinajstić information content (AvgIpc) is 2.95. The molecule has 5 nitrogen and oxygen atoms in total. The number of fused-ring (bicyclic) bond motifs is 1. The molecule has 0 N–H and O–H groups in total. The normalized spacial score (nSPS) is 35.5. The number of benzene rings is 1. The fourth-order valence-electron chi connectivity index (χ4n) is 3.20. The van der Waals surface area contributed by atoms with Gasteiger partial charge in [-0.3, -0.25) is 10.1 Å². The second-order valence-corrected chi connectivity index (χ2v) is 6.05. The zero-order valence-corrected chi connectivity index (χ0v) is 11.1. The number of thioether (sulfide) groups is 1. The lowest BCUT2D eigenvalue weighted by molar-refractivity contribution is -0.503. The summed E-state index contributed by atoms with van der Waals surface area (Å²) in [5.74, 6) is 1.21. The van der Waals surface area contributed by atoms with Gasteiger partial charge in [-0.05, 0) is 6.07 Å². The molecular formula is C13H13NO4S. The van der Waals surface area contributed by atoms with Crippen LogP contribution in [0.2, 0.25) is 0 Å². The van der Waals surface area contributed by atoms with Crippen LogP contribution in [0.25, 0.3) is 0 Å². The summed E-state index contributed by atoms with van der Waals surface area (Å²) in [4.78, 5) is 22.3. The van der Waals surface area contributed by atoms with Crippen LogP contribution in [-0.2, 0) is 4.79 Å². The smallest absolute Gasteiger partial charge is 0.232 e. The number of hydrogen-bond donors (Lipinski definition) is 0. The summed E-state index contributed by atoms with van der Waals surface area (Å²) in [6, 6.07) is 6.70. The van der Waals surface area contributed by atoms with Crippen molar-refractivity contribution < 1.29 is 14.5 Å². The molecule has 1 aliphatic carbocycles. The SMILES string of the molecule is COc1ccccc1[C@H]1SC[C@@H]2[C@@H]([N+](=O)[O-])[C@]12C=O. The Hall–Kier alpha value is -1.56. The quantitative estimate of drug-likeness (QED) is 0.478. The predicted molar refractivity (Wildman–Crippen MR) is 71.0 cm³/mol. The van der Waals surface area contributed by atoms with E-state index in [4.69, 9.17) is 4.74 Å². The van der Waals surface area contributed by atoms with Gasteiger partial charge in [0.25, 0.3) is 0 Å². The van der Waals surface area contributed by atoms with Crippen LogP contribution >= 0.6 is 11.8 Å². The van der Waals surface area contributed by atoms with Gasteiger partial charge < -0.3 is 9.53 Å². The second kappa shape index (κ2) is 4.23. The number of nitro groups is 1. The van der Waals surface area contributed by atoms with Crippen molar-refractivity contribution in [2.75, 3.05) is 12.9 Å². The highest BCUT2D eigenvalue weighted by Gasteiger charge is 2.80. The summed E-state index contributed by atoms with van der Waals surface area (Å²) < 4.78 is 5.31. The van der Waals surface area contributed by atoms with E-state index in [0.29, 0.717) is 11.5 Å². The third kappa shape index (κ3) is 1.52. The Morgan fingerprint density at radius 2 is 2.26 bits per heavy atom. The van der Waals surface area contributed by atoms with E-state index < -0.39 is 11.5 Å². The van der Waals surface area contributed by atoms with Crippen LogP contribution in [0, 0.1) is 21.4 Å². The van der Waals surface area contributed by atoms with Crippen LogP contribution in [0.3, 0.4) is 0 Å². The first-order valence-electron chi connectivity index (χ1n) is 6.01. The van der Waals surface area contributed by atoms with Crippen LogP contribution < -0.4 is 4.74 Å². The summed E-state index contributed by atoms with van der Waals surface area (Å²) in [7, 11) is 1.57. The molecular weight excluding hydrogens is 266 g/mol. The molecule has 1 aromatic rings. The zero-order valence-electron chi connectivity index (χ0n) is 10.3. The maximum atomic E-state index is 11.5. The number of nitrogens with zero attached hydrogens (tertiary/aromatic N) is 1. The maximum Gasteiger partial charge on any atom is 0.232 e. The van der Waals surface area contributed by atoms with E-state index in [1.165, 1.54) is 0 Å². The molecule has 0 bridgehead atoms. The number of para-hydroxylation sites is 1. The first kappa shape index (κ1) is 12.5. The maximum absolute atomic E-state index is 11.5. The van der Waals surface area contributed by atoms with Crippen LogP contribution in [0.15, 0.2) is 24.3 Å². The Bertz CT molecular complexity index is 549. The van der Waals surface area contributed by atoms with Crippen molar-refractivity contribution >= 4 is 18.0 Å². The van der Waals surface area contributed by atoms with E-state index in [1.807, 2.05) is 24.3 Å². The summed E-state index contributed by atoms with van der Waals surface area (Å²) in [6.07, 6.45) is 0.794. The molecule has 0 unspecified atom stereocenters. The summed E-state index contributed by atoms with van der Waals surface area (Å²) in [5.41, 5.74) is 0.0388. The van der Waals surface area contributed by atoms with Gasteiger partial charge in [-0.1, -0.05) is 18.2 Å². The summed E-state index contributed by atoms with van der Waals surface area (Å²) >= 11 is 1.61. The fourth-order valence-corrected chi connectivity index (χ4v) is 5.11. The molecule has 6 heteroatoms. The molecule has 1 aromatic carbocycles. The van der Waals surface area contributed by atoms with Crippen molar-refractivity contribution in [2.45, 2.75) is 11.3 Å². The van der Waals surface area contributed by atoms with Gasteiger partial charge in [0.05, 0.1) is 18.3 Å². The second-order valence-electron chi connectivity index (χ2n) is 4.91. The minimum atomic E-state index is -0.844. The van der Waals surface area contributed by atoms with E-state index in [2.05, 4.69) is 0 Å². The summed E-state index contributed by atoms with van der Waals surface area (Å²) in [5, 5.41) is 10.9. The Kier molecular flexibility index (Phi) is 2.78. The van der Waals surface area contributed by atoms with E-state index >= 15 is 0 Å². The number of ether oxygens (including phenoxy) is 1. The minimum Gasteiger partial charge on any atom is -0.496 e. The van der Waals surface area contributed by atoms with Gasteiger partial charge in [-0.25, -0.2) is 0 Å². The lowest BCUT2D eigenvalue weighted by Gasteiger charge is -2.20. The molecule has 19 heavy (non-hydrogen) atoms. The van der Waals surface area contributed by atoms with Crippen molar-refractivity contribution in [1.82, 2.24) is 0 Å². The lowest BCUT2D eigenvalue weighted by atomic mass is 9.94. The third-order valence-corrected chi connectivity index (χ3v) is 5.72. The number of hydrogen-bond acceptors (Lipinski definition) is 5. The number of rotatable bonds is 4. The van der Waals surface area contributed by atoms with Gasteiger partial charge in [0.1, 0.15) is 17.5 Å². The standard InChI is InChI=1S/C13H13NO4S/c1-18-10-5-3-2-4-8(10)12-13(7-15)9(6-19-12)11(13)14(16)17/h2-5,7,9,11-12H,6H2,1H3/t9-,11-,12-,13-/m1/s1. The van der Waals surface area contributed by atoms with Crippen LogP contribution in [-0.4, -0.2) is 30.1 Å². The highest BCUT2D eigenvalue weighted by atomic mass is 32.2. The molecule has 3 rings (SSSR count). The zero-order chi connectivity index (χ0) is 13.6. The van der Waals surface area contributed by atoms with Crippen LogP contribution in [0.4, 0.5) is 0 Å². The van der Waals surface area contributed by atoms with E-state index in [0.717, 1.165) is 11.8 Å². The monoisotopic (exact) mass is 279 g/mol. The van der Waals surface area contributed by atoms with Gasteiger partial charge in [0, 0.05) is 16.2 Å². The Labute approximate surface area is 114 Å². The molecule has 0 aromatic heterocycles. The van der Waals surface area contributed by atoms with Gasteiger partial charge >= 0.3 is 0 Å². The minimum absolute atomic E-state index is 0.139. The molecule has 100 valence electrons. The molecule has 1 aliphatic heterocycles. The van der Waals surface area contributed by atoms with E-state index in [-0.39, 0.29) is 16.1 Å². The lowest BCUT2D eigenvalue weighted by Crippen LogP contribution is -2.21. The van der Waals surface area contributed by atoms with Crippen molar-refractivity contribution in [3.8, 4) is 5.75 Å². The average molecular weight is 279 g/mol. The van der Waals surface area contributed by atoms with Crippen molar-refractivity contribution in [1.29, 1.82) is 0 Å². The molecule has 0 spiro atoms. The molecule has 0 radical (unpaired) electrons. The highest BCUT2D eigenvalue weighted by molar-refractivity contribution is 8.00. The first-order chi connectivity index (χ1) is 9.16. The molecule has 1 heterocycles. The van der Waals surface area contributed by atoms with E-state index in [9.17, 15) is 14.9 Å². The number of methoxy groups -OCH3 is 1. The topological polar surface area (TPSA) is 69.4 Å². The number of aldehydes is 1. The van der Waals surface area contributed by atoms with Crippen molar-refractivity contribution in [3.63, 3.8) is 0 Å². The molecule has 2 aliphatic rings. The van der Waals surface area contributed by atoms with E-state index in [1.54, 1.807) is 18.9 Å². The largest absolute Gasteiger partial charge is 0.496 e. The summed E-state index contributed by atoms with van der Waals surface area (Å²) in [6.45, 7) is 0. The molecule has 1 saturated heterocycles. The van der Waals surface area contributed by atoms with Crippen molar-refractivity contribution in [3.05, 3.63) is 39.9 Å².